The van der Waals surface area contributed by atoms with Crippen LogP contribution in [0.25, 0.3) is 22.3 Å². The van der Waals surface area contributed by atoms with Gasteiger partial charge in [-0.2, -0.15) is 0 Å². The van der Waals surface area contributed by atoms with E-state index in [1.54, 1.807) is 19.5 Å². The van der Waals surface area contributed by atoms with Crippen molar-refractivity contribution < 1.29 is 9.47 Å². The summed E-state index contributed by atoms with van der Waals surface area (Å²) in [6.07, 6.45) is 3.55. The number of ether oxygens (including phenoxy) is 2. The number of nitrogen functional groups attached to an aromatic ring is 1. The van der Waals surface area contributed by atoms with Crippen molar-refractivity contribution in [2.45, 2.75) is 0 Å². The number of anilines is 2. The van der Waals surface area contributed by atoms with E-state index in [4.69, 9.17) is 15.2 Å². The number of hydrogen-bond acceptors (Lipinski definition) is 6. The summed E-state index contributed by atoms with van der Waals surface area (Å²) in [7, 11) is 1.60. The number of benzene rings is 1. The fraction of sp³-hybridized carbons (Fsp3) is 0.238. The summed E-state index contributed by atoms with van der Waals surface area (Å²) in [5.74, 6) is 1.05. The number of rotatable bonds is 4. The molecule has 1 aromatic carbocycles. The van der Waals surface area contributed by atoms with Crippen LogP contribution < -0.4 is 15.4 Å². The van der Waals surface area contributed by atoms with E-state index in [0.29, 0.717) is 11.7 Å². The van der Waals surface area contributed by atoms with Gasteiger partial charge in [0.1, 0.15) is 5.82 Å². The molecule has 2 N–H and O–H groups in total. The summed E-state index contributed by atoms with van der Waals surface area (Å²) < 4.78 is 10.5. The first-order chi connectivity index (χ1) is 13.2. The lowest BCUT2D eigenvalue weighted by molar-refractivity contribution is 0.122. The monoisotopic (exact) mass is 362 g/mol. The Morgan fingerprint density at radius 3 is 2.30 bits per heavy atom. The SMILES string of the molecule is COc1ccc(-c2cc(-c3ccc(N4CCOCC4)cc3)cnc2N)cn1. The zero-order valence-corrected chi connectivity index (χ0v) is 15.3. The Labute approximate surface area is 158 Å². The van der Waals surface area contributed by atoms with Crippen molar-refractivity contribution in [3.8, 4) is 28.1 Å². The van der Waals surface area contributed by atoms with Crippen LogP contribution in [0.2, 0.25) is 0 Å². The molecule has 138 valence electrons. The zero-order valence-electron chi connectivity index (χ0n) is 15.3. The molecule has 0 bridgehead atoms. The Bertz CT molecular complexity index is 904. The summed E-state index contributed by atoms with van der Waals surface area (Å²) in [6.45, 7) is 3.42. The predicted octanol–water partition coefficient (Wildman–Crippen LogP) is 3.24. The van der Waals surface area contributed by atoms with Gasteiger partial charge >= 0.3 is 0 Å². The minimum atomic E-state index is 0.482. The van der Waals surface area contributed by atoms with Crippen molar-refractivity contribution in [2.24, 2.45) is 0 Å². The zero-order chi connectivity index (χ0) is 18.6. The molecule has 2 aromatic heterocycles. The molecule has 6 heteroatoms. The Balaban J connectivity index is 1.61. The molecule has 3 heterocycles. The summed E-state index contributed by atoms with van der Waals surface area (Å²) in [5.41, 5.74) is 11.2. The maximum absolute atomic E-state index is 6.10. The van der Waals surface area contributed by atoms with Gasteiger partial charge in [-0.1, -0.05) is 12.1 Å². The highest BCUT2D eigenvalue weighted by molar-refractivity contribution is 5.79. The lowest BCUT2D eigenvalue weighted by Crippen LogP contribution is -2.36. The average Bonchev–Trinajstić information content (AvgIpc) is 2.75. The van der Waals surface area contributed by atoms with Crippen molar-refractivity contribution >= 4 is 11.5 Å². The lowest BCUT2D eigenvalue weighted by atomic mass is 10.0. The first-order valence-electron chi connectivity index (χ1n) is 8.93. The van der Waals surface area contributed by atoms with Crippen LogP contribution in [0.1, 0.15) is 0 Å². The number of aromatic nitrogens is 2. The quantitative estimate of drug-likeness (QED) is 0.768. The molecule has 0 radical (unpaired) electrons. The average molecular weight is 362 g/mol. The van der Waals surface area contributed by atoms with E-state index < -0.39 is 0 Å². The molecule has 6 nitrogen and oxygen atoms in total. The fourth-order valence-corrected chi connectivity index (χ4v) is 3.21. The maximum atomic E-state index is 6.10. The van der Waals surface area contributed by atoms with Gasteiger partial charge in [-0.05, 0) is 29.8 Å². The summed E-state index contributed by atoms with van der Waals surface area (Å²) >= 11 is 0. The number of nitrogens with zero attached hydrogens (tertiary/aromatic N) is 3. The van der Waals surface area contributed by atoms with Gasteiger partial charge in [0.05, 0.1) is 20.3 Å². The summed E-state index contributed by atoms with van der Waals surface area (Å²) in [6, 6.07) is 14.3. The number of nitrogens with two attached hydrogens (primary N) is 1. The molecule has 1 saturated heterocycles. The Morgan fingerprint density at radius 2 is 1.63 bits per heavy atom. The molecule has 0 atom stereocenters. The third-order valence-corrected chi connectivity index (χ3v) is 4.75. The van der Waals surface area contributed by atoms with Crippen LogP contribution in [0.5, 0.6) is 5.88 Å². The van der Waals surface area contributed by atoms with E-state index >= 15 is 0 Å². The molecular formula is C21H22N4O2. The molecular weight excluding hydrogens is 340 g/mol. The lowest BCUT2D eigenvalue weighted by Gasteiger charge is -2.28. The molecule has 4 rings (SSSR count). The van der Waals surface area contributed by atoms with Crippen molar-refractivity contribution in [2.75, 3.05) is 44.0 Å². The van der Waals surface area contributed by atoms with E-state index in [1.807, 2.05) is 12.1 Å². The van der Waals surface area contributed by atoms with Gasteiger partial charge in [-0.25, -0.2) is 9.97 Å². The Kier molecular flexibility index (Phi) is 4.89. The number of morpholine rings is 1. The van der Waals surface area contributed by atoms with E-state index in [1.165, 1.54) is 5.69 Å². The molecule has 0 spiro atoms. The minimum absolute atomic E-state index is 0.482. The Hall–Kier alpha value is -3.12. The topological polar surface area (TPSA) is 73.5 Å². The molecule has 1 aliphatic rings. The van der Waals surface area contributed by atoms with Gasteiger partial charge < -0.3 is 20.1 Å². The second-order valence-corrected chi connectivity index (χ2v) is 6.39. The van der Waals surface area contributed by atoms with Gasteiger partial charge in [-0.3, -0.25) is 0 Å². The third-order valence-electron chi connectivity index (χ3n) is 4.75. The van der Waals surface area contributed by atoms with E-state index in [-0.39, 0.29) is 0 Å². The van der Waals surface area contributed by atoms with Gasteiger partial charge in [0, 0.05) is 53.9 Å². The third kappa shape index (κ3) is 3.71. The standard InChI is InChI=1S/C21H22N4O2/c1-26-20-7-4-16(13-23-20)19-12-17(14-24-21(19)22)15-2-5-18(6-3-15)25-8-10-27-11-9-25/h2-7,12-14H,8-11H2,1H3,(H2,22,24). The summed E-state index contributed by atoms with van der Waals surface area (Å²) in [4.78, 5) is 11.0. The molecule has 1 aliphatic heterocycles. The van der Waals surface area contributed by atoms with Crippen LogP contribution in [-0.4, -0.2) is 43.4 Å². The minimum Gasteiger partial charge on any atom is -0.481 e. The second kappa shape index (κ2) is 7.63. The highest BCUT2D eigenvalue weighted by Crippen LogP contribution is 2.30. The normalized spacial score (nSPS) is 14.2. The number of methoxy groups -OCH3 is 1. The van der Waals surface area contributed by atoms with Gasteiger partial charge in [-0.15, -0.1) is 0 Å². The van der Waals surface area contributed by atoms with Crippen LogP contribution in [0, 0.1) is 0 Å². The van der Waals surface area contributed by atoms with Crippen molar-refractivity contribution in [3.05, 3.63) is 54.9 Å². The molecule has 3 aromatic rings. The second-order valence-electron chi connectivity index (χ2n) is 6.39. The molecule has 0 aliphatic carbocycles. The Morgan fingerprint density at radius 1 is 0.926 bits per heavy atom. The van der Waals surface area contributed by atoms with Gasteiger partial charge in [0.25, 0.3) is 0 Å². The van der Waals surface area contributed by atoms with Crippen LogP contribution in [0.4, 0.5) is 11.5 Å². The summed E-state index contributed by atoms with van der Waals surface area (Å²) in [5, 5.41) is 0. The van der Waals surface area contributed by atoms with Crippen LogP contribution in [-0.2, 0) is 4.74 Å². The van der Waals surface area contributed by atoms with E-state index in [9.17, 15) is 0 Å². The molecule has 27 heavy (non-hydrogen) atoms. The smallest absolute Gasteiger partial charge is 0.212 e. The molecule has 0 saturated carbocycles. The fourth-order valence-electron chi connectivity index (χ4n) is 3.21. The van der Waals surface area contributed by atoms with Crippen molar-refractivity contribution in [1.29, 1.82) is 0 Å². The molecule has 0 amide bonds. The van der Waals surface area contributed by atoms with E-state index in [0.717, 1.165) is 48.6 Å². The largest absolute Gasteiger partial charge is 0.481 e. The molecule has 1 fully saturated rings. The predicted molar refractivity (Wildman–Crippen MR) is 107 cm³/mol. The first kappa shape index (κ1) is 17.3. The van der Waals surface area contributed by atoms with Gasteiger partial charge in [0.2, 0.25) is 5.88 Å². The van der Waals surface area contributed by atoms with Crippen molar-refractivity contribution in [1.82, 2.24) is 9.97 Å². The highest BCUT2D eigenvalue weighted by atomic mass is 16.5. The van der Waals surface area contributed by atoms with Crippen molar-refractivity contribution in [3.63, 3.8) is 0 Å². The van der Waals surface area contributed by atoms with Crippen LogP contribution in [0.15, 0.2) is 54.9 Å². The maximum Gasteiger partial charge on any atom is 0.212 e. The van der Waals surface area contributed by atoms with Gasteiger partial charge in [0.15, 0.2) is 0 Å². The highest BCUT2D eigenvalue weighted by Gasteiger charge is 2.12. The first-order valence-corrected chi connectivity index (χ1v) is 8.93. The van der Waals surface area contributed by atoms with Crippen LogP contribution in [0.3, 0.4) is 0 Å². The number of hydrogen-bond donors (Lipinski definition) is 1. The molecule has 0 unspecified atom stereocenters. The number of pyridine rings is 2. The van der Waals surface area contributed by atoms with Crippen LogP contribution >= 0.6 is 0 Å². The van der Waals surface area contributed by atoms with E-state index in [2.05, 4.69) is 45.2 Å².